The lowest BCUT2D eigenvalue weighted by Gasteiger charge is -2.36. The van der Waals surface area contributed by atoms with Crippen LogP contribution < -0.4 is 5.32 Å². The van der Waals surface area contributed by atoms with Gasteiger partial charge in [0, 0.05) is 5.69 Å². The van der Waals surface area contributed by atoms with Gasteiger partial charge in [-0.25, -0.2) is 4.98 Å². The van der Waals surface area contributed by atoms with Crippen molar-refractivity contribution in [2.24, 2.45) is 5.92 Å². The summed E-state index contributed by atoms with van der Waals surface area (Å²) in [5.41, 5.74) is 2.61. The van der Waals surface area contributed by atoms with Crippen molar-refractivity contribution in [2.75, 3.05) is 18.4 Å². The molecule has 1 amide bonds. The zero-order valence-corrected chi connectivity index (χ0v) is 15.8. The molecule has 1 atom stereocenters. The number of piperidine rings is 1. The molecule has 1 saturated heterocycles. The first-order chi connectivity index (χ1) is 13.1. The Balaban J connectivity index is 1.62. The quantitative estimate of drug-likeness (QED) is 0.742. The summed E-state index contributed by atoms with van der Waals surface area (Å²) in [5, 5.41) is 11.0. The smallest absolute Gasteiger partial charge is 0.247 e. The zero-order chi connectivity index (χ0) is 18.8. The first-order valence-corrected chi connectivity index (χ1v) is 9.53. The lowest BCUT2D eigenvalue weighted by molar-refractivity contribution is -0.122. The molecule has 1 aliphatic rings. The number of aromatic nitrogens is 3. The van der Waals surface area contributed by atoms with Gasteiger partial charge in [0.15, 0.2) is 11.5 Å². The van der Waals surface area contributed by atoms with E-state index in [-0.39, 0.29) is 11.9 Å². The third kappa shape index (κ3) is 3.71. The van der Waals surface area contributed by atoms with E-state index in [1.165, 1.54) is 0 Å². The number of carbonyl (C=O) groups is 1. The Morgan fingerprint density at radius 3 is 2.67 bits per heavy atom. The van der Waals surface area contributed by atoms with Crippen LogP contribution in [-0.4, -0.2) is 39.1 Å². The Labute approximate surface area is 159 Å². The van der Waals surface area contributed by atoms with Crippen LogP contribution >= 0.6 is 0 Å². The minimum atomic E-state index is -0.316. The van der Waals surface area contributed by atoms with Crippen LogP contribution in [0.1, 0.15) is 37.1 Å². The predicted octanol–water partition coefficient (Wildman–Crippen LogP) is 3.68. The normalized spacial score (nSPS) is 17.1. The number of likely N-dealkylation sites (tertiary alicyclic amines) is 1. The molecule has 1 aromatic carbocycles. The summed E-state index contributed by atoms with van der Waals surface area (Å²) in [7, 11) is 0. The molecule has 1 aliphatic heterocycles. The Bertz CT molecular complexity index is 928. The van der Waals surface area contributed by atoms with Gasteiger partial charge < -0.3 is 5.32 Å². The number of hydrogen-bond donors (Lipinski definition) is 2. The number of nitrogens with one attached hydrogen (secondary N) is 2. The maximum atomic E-state index is 13.3. The zero-order valence-electron chi connectivity index (χ0n) is 15.8. The molecular formula is C21H25N5O. The van der Waals surface area contributed by atoms with Crippen molar-refractivity contribution in [2.45, 2.75) is 32.7 Å². The number of pyridine rings is 1. The first kappa shape index (κ1) is 17.7. The summed E-state index contributed by atoms with van der Waals surface area (Å²) in [6, 6.07) is 13.5. The fourth-order valence-corrected chi connectivity index (χ4v) is 3.73. The molecule has 2 N–H and O–H groups in total. The van der Waals surface area contributed by atoms with Crippen molar-refractivity contribution >= 4 is 22.8 Å². The molecule has 0 aliphatic carbocycles. The lowest BCUT2D eigenvalue weighted by atomic mass is 9.95. The van der Waals surface area contributed by atoms with Gasteiger partial charge >= 0.3 is 0 Å². The molecule has 6 heteroatoms. The highest BCUT2D eigenvalue weighted by Gasteiger charge is 2.30. The fraction of sp³-hybridized carbons (Fsp3) is 0.381. The summed E-state index contributed by atoms with van der Waals surface area (Å²) >= 11 is 0. The summed E-state index contributed by atoms with van der Waals surface area (Å²) < 4.78 is 0. The molecule has 0 unspecified atom stereocenters. The van der Waals surface area contributed by atoms with E-state index < -0.39 is 0 Å². The molecule has 0 spiro atoms. The molecule has 3 heterocycles. The van der Waals surface area contributed by atoms with E-state index in [1.54, 1.807) is 0 Å². The summed E-state index contributed by atoms with van der Waals surface area (Å²) in [6.45, 7) is 6.06. The fourth-order valence-electron chi connectivity index (χ4n) is 3.73. The van der Waals surface area contributed by atoms with Gasteiger partial charge in [0.25, 0.3) is 0 Å². The second kappa shape index (κ2) is 7.48. The molecule has 140 valence electrons. The summed E-state index contributed by atoms with van der Waals surface area (Å²) in [5.74, 6) is 1.20. The standard InChI is InChI=1S/C21H25N5O/c1-14-10-12-26(13-11-14)18(16-6-4-3-5-7-16)21(27)23-20-17-9-8-15(2)22-19(17)24-25-20/h3-9,14,18H,10-13H2,1-2H3,(H2,22,23,24,25,27)/t18-/m0/s1. The van der Waals surface area contributed by atoms with Gasteiger partial charge in [0.1, 0.15) is 6.04 Å². The number of amides is 1. The molecule has 4 rings (SSSR count). The minimum Gasteiger partial charge on any atom is -0.307 e. The second-order valence-corrected chi connectivity index (χ2v) is 7.44. The Morgan fingerprint density at radius 1 is 1.19 bits per heavy atom. The minimum absolute atomic E-state index is 0.0512. The lowest BCUT2D eigenvalue weighted by Crippen LogP contribution is -2.41. The largest absolute Gasteiger partial charge is 0.307 e. The van der Waals surface area contributed by atoms with Crippen LogP contribution in [0.4, 0.5) is 5.82 Å². The van der Waals surface area contributed by atoms with E-state index in [9.17, 15) is 4.79 Å². The molecular weight excluding hydrogens is 338 g/mol. The van der Waals surface area contributed by atoms with Gasteiger partial charge in [-0.1, -0.05) is 37.3 Å². The summed E-state index contributed by atoms with van der Waals surface area (Å²) in [4.78, 5) is 20.0. The van der Waals surface area contributed by atoms with Gasteiger partial charge in [-0.05, 0) is 56.5 Å². The Morgan fingerprint density at radius 2 is 1.93 bits per heavy atom. The Hall–Kier alpha value is -2.73. The van der Waals surface area contributed by atoms with Crippen molar-refractivity contribution in [3.8, 4) is 0 Å². The highest BCUT2D eigenvalue weighted by molar-refractivity contribution is 6.01. The molecule has 27 heavy (non-hydrogen) atoms. The van der Waals surface area contributed by atoms with E-state index in [1.807, 2.05) is 49.4 Å². The van der Waals surface area contributed by atoms with Crippen LogP contribution in [0.5, 0.6) is 0 Å². The molecule has 3 aromatic rings. The van der Waals surface area contributed by atoms with Crippen LogP contribution in [0.25, 0.3) is 11.0 Å². The number of anilines is 1. The number of carbonyl (C=O) groups excluding carboxylic acids is 1. The monoisotopic (exact) mass is 363 g/mol. The van der Waals surface area contributed by atoms with E-state index in [0.717, 1.165) is 42.6 Å². The van der Waals surface area contributed by atoms with Crippen LogP contribution in [-0.2, 0) is 4.79 Å². The SMILES string of the molecule is Cc1ccc2c(NC(=O)[C@H](c3ccccc3)N3CCC(C)CC3)n[nH]c2n1. The van der Waals surface area contributed by atoms with Crippen molar-refractivity contribution in [3.63, 3.8) is 0 Å². The number of fused-ring (bicyclic) bond motifs is 1. The third-order valence-corrected chi connectivity index (χ3v) is 5.35. The summed E-state index contributed by atoms with van der Waals surface area (Å²) in [6.07, 6.45) is 2.23. The molecule has 0 radical (unpaired) electrons. The van der Waals surface area contributed by atoms with Gasteiger partial charge in [-0.2, -0.15) is 5.10 Å². The van der Waals surface area contributed by atoms with Crippen LogP contribution in [0.2, 0.25) is 0 Å². The first-order valence-electron chi connectivity index (χ1n) is 9.53. The number of rotatable bonds is 4. The van der Waals surface area contributed by atoms with Crippen molar-refractivity contribution in [1.82, 2.24) is 20.1 Å². The topological polar surface area (TPSA) is 73.9 Å². The van der Waals surface area contributed by atoms with Crippen LogP contribution in [0.3, 0.4) is 0 Å². The van der Waals surface area contributed by atoms with E-state index >= 15 is 0 Å². The van der Waals surface area contributed by atoms with Crippen molar-refractivity contribution in [3.05, 3.63) is 53.7 Å². The van der Waals surface area contributed by atoms with Gasteiger partial charge in [0.2, 0.25) is 5.91 Å². The number of aryl methyl sites for hydroxylation is 1. The highest BCUT2D eigenvalue weighted by atomic mass is 16.2. The number of aromatic amines is 1. The third-order valence-electron chi connectivity index (χ3n) is 5.35. The average molecular weight is 363 g/mol. The van der Waals surface area contributed by atoms with Crippen molar-refractivity contribution < 1.29 is 4.79 Å². The Kier molecular flexibility index (Phi) is 4.90. The molecule has 0 saturated carbocycles. The molecule has 2 aromatic heterocycles. The molecule has 6 nitrogen and oxygen atoms in total. The highest BCUT2D eigenvalue weighted by Crippen LogP contribution is 2.29. The van der Waals surface area contributed by atoms with Gasteiger partial charge in [0.05, 0.1) is 5.39 Å². The number of H-pyrrole nitrogens is 1. The number of nitrogens with zero attached hydrogens (tertiary/aromatic N) is 3. The van der Waals surface area contributed by atoms with Gasteiger partial charge in [-0.3, -0.25) is 14.8 Å². The van der Waals surface area contributed by atoms with E-state index in [2.05, 4.69) is 32.3 Å². The maximum Gasteiger partial charge on any atom is 0.247 e. The van der Waals surface area contributed by atoms with E-state index in [0.29, 0.717) is 17.4 Å². The van der Waals surface area contributed by atoms with Crippen molar-refractivity contribution in [1.29, 1.82) is 0 Å². The molecule has 0 bridgehead atoms. The predicted molar refractivity (Wildman–Crippen MR) is 106 cm³/mol. The number of benzene rings is 1. The van der Waals surface area contributed by atoms with Gasteiger partial charge in [-0.15, -0.1) is 0 Å². The second-order valence-electron chi connectivity index (χ2n) is 7.44. The maximum absolute atomic E-state index is 13.3. The van der Waals surface area contributed by atoms with Crippen LogP contribution in [0.15, 0.2) is 42.5 Å². The molecule has 1 fully saturated rings. The van der Waals surface area contributed by atoms with E-state index in [4.69, 9.17) is 0 Å². The number of hydrogen-bond acceptors (Lipinski definition) is 4. The average Bonchev–Trinajstić information content (AvgIpc) is 3.06. The van der Waals surface area contributed by atoms with Crippen LogP contribution in [0, 0.1) is 12.8 Å².